The Hall–Kier alpha value is 0.310. The lowest BCUT2D eigenvalue weighted by Gasteiger charge is -1.82. The van der Waals surface area contributed by atoms with Crippen LogP contribution in [0.2, 0.25) is 0 Å². The van der Waals surface area contributed by atoms with Gasteiger partial charge in [0.05, 0.1) is 0 Å². The van der Waals surface area contributed by atoms with Crippen LogP contribution in [-0.2, 0) is 4.79 Å². The molecular formula is C5H2Cl4O. The first-order valence-electron chi connectivity index (χ1n) is 2.11. The first-order valence-corrected chi connectivity index (χ1v) is 3.63. The molecule has 0 radical (unpaired) electrons. The van der Waals surface area contributed by atoms with Crippen LogP contribution in [0.4, 0.5) is 0 Å². The molecule has 1 nitrogen and oxygen atoms in total. The second-order valence-electron chi connectivity index (χ2n) is 1.27. The molecular weight excluding hydrogens is 218 g/mol. The molecule has 0 amide bonds. The third-order valence-electron chi connectivity index (χ3n) is 0.503. The molecule has 10 heavy (non-hydrogen) atoms. The molecule has 0 bridgehead atoms. The molecule has 0 atom stereocenters. The van der Waals surface area contributed by atoms with Crippen LogP contribution in [-0.4, -0.2) is 5.78 Å². The lowest BCUT2D eigenvalue weighted by Crippen LogP contribution is -1.84. The summed E-state index contributed by atoms with van der Waals surface area (Å²) in [5.74, 6) is -0.444. The average Bonchev–Trinajstić information content (AvgIpc) is 1.58. The normalized spacial score (nSPS) is 8.40. The van der Waals surface area contributed by atoms with E-state index < -0.39 is 5.78 Å². The Bertz CT molecular complexity index is 166. The van der Waals surface area contributed by atoms with Gasteiger partial charge in [0.15, 0.2) is 5.78 Å². The van der Waals surface area contributed by atoms with Crippen LogP contribution in [0.1, 0.15) is 0 Å². The van der Waals surface area contributed by atoms with Gasteiger partial charge in [-0.05, 0) is 0 Å². The van der Waals surface area contributed by atoms with Crippen molar-refractivity contribution in [3.8, 4) is 0 Å². The second kappa shape index (κ2) is 5.03. The molecule has 56 valence electrons. The molecule has 0 aliphatic rings. The summed E-state index contributed by atoms with van der Waals surface area (Å²) >= 11 is 20.6. The topological polar surface area (TPSA) is 17.1 Å². The van der Waals surface area contributed by atoms with Gasteiger partial charge in [-0.3, -0.25) is 4.79 Å². The van der Waals surface area contributed by atoms with Gasteiger partial charge in [-0.2, -0.15) is 0 Å². The maximum Gasteiger partial charge on any atom is 0.183 e. The van der Waals surface area contributed by atoms with Crippen LogP contribution in [0.25, 0.3) is 0 Å². The van der Waals surface area contributed by atoms with Crippen LogP contribution < -0.4 is 0 Å². The van der Waals surface area contributed by atoms with Crippen molar-refractivity contribution < 1.29 is 4.79 Å². The molecule has 0 heterocycles. The Morgan fingerprint density at radius 2 is 1.20 bits per heavy atom. The zero-order valence-electron chi connectivity index (χ0n) is 4.57. The molecule has 0 rings (SSSR count). The number of carbonyl (C=O) groups is 1. The summed E-state index contributed by atoms with van der Waals surface area (Å²) in [6.45, 7) is 0. The first kappa shape index (κ1) is 10.3. The Kier molecular flexibility index (Phi) is 5.18. The molecule has 0 spiro atoms. The van der Waals surface area contributed by atoms with E-state index in [1.807, 2.05) is 0 Å². The maximum absolute atomic E-state index is 10.6. The third-order valence-corrected chi connectivity index (χ3v) is 0.939. The molecule has 0 fully saturated rings. The van der Waals surface area contributed by atoms with Gasteiger partial charge in [0.1, 0.15) is 8.98 Å². The molecule has 0 saturated heterocycles. The van der Waals surface area contributed by atoms with E-state index in [0.717, 1.165) is 12.2 Å². The van der Waals surface area contributed by atoms with E-state index in [2.05, 4.69) is 0 Å². The van der Waals surface area contributed by atoms with E-state index in [9.17, 15) is 4.79 Å². The highest BCUT2D eigenvalue weighted by Crippen LogP contribution is 2.09. The number of allylic oxidation sites excluding steroid dienone is 2. The van der Waals surface area contributed by atoms with E-state index in [-0.39, 0.29) is 8.98 Å². The lowest BCUT2D eigenvalue weighted by atomic mass is 10.4. The molecule has 0 N–H and O–H groups in total. The largest absolute Gasteiger partial charge is 0.290 e. The zero-order chi connectivity index (χ0) is 8.15. The van der Waals surface area contributed by atoms with Gasteiger partial charge in [0.25, 0.3) is 0 Å². The van der Waals surface area contributed by atoms with Gasteiger partial charge in [-0.1, -0.05) is 46.4 Å². The standard InChI is InChI=1S/C5H2Cl4O/c6-4(7)1-3(10)2-5(8)9/h1-2H. The van der Waals surface area contributed by atoms with Gasteiger partial charge >= 0.3 is 0 Å². The minimum Gasteiger partial charge on any atom is -0.290 e. The summed E-state index contributed by atoms with van der Waals surface area (Å²) in [5.41, 5.74) is 0. The Balaban J connectivity index is 4.14. The summed E-state index contributed by atoms with van der Waals surface area (Å²) in [6.07, 6.45) is 1.99. The summed E-state index contributed by atoms with van der Waals surface area (Å²) in [4.78, 5) is 10.6. The second-order valence-corrected chi connectivity index (χ2v) is 3.29. The molecule has 0 unspecified atom stereocenters. The fraction of sp³-hybridized carbons (Fsp3) is 0. The SMILES string of the molecule is O=C(C=C(Cl)Cl)C=C(Cl)Cl. The number of ketones is 1. The molecule has 0 saturated carbocycles. The van der Waals surface area contributed by atoms with Gasteiger partial charge < -0.3 is 0 Å². The first-order chi connectivity index (χ1) is 4.52. The highest BCUT2D eigenvalue weighted by Gasteiger charge is 1.94. The molecule has 0 aromatic carbocycles. The van der Waals surface area contributed by atoms with Crippen LogP contribution in [0.5, 0.6) is 0 Å². The minimum absolute atomic E-state index is 0.129. The number of hydrogen-bond donors (Lipinski definition) is 0. The van der Waals surface area contributed by atoms with Crippen molar-refractivity contribution >= 4 is 52.2 Å². The van der Waals surface area contributed by atoms with Crippen molar-refractivity contribution in [3.63, 3.8) is 0 Å². The fourth-order valence-electron chi connectivity index (χ4n) is 0.257. The summed E-state index contributed by atoms with van der Waals surface area (Å²) in [5, 5.41) is 0. The smallest absolute Gasteiger partial charge is 0.183 e. The predicted molar refractivity (Wildman–Crippen MR) is 44.6 cm³/mol. The zero-order valence-corrected chi connectivity index (χ0v) is 7.60. The number of carbonyl (C=O) groups excluding carboxylic acids is 1. The van der Waals surface area contributed by atoms with Crippen LogP contribution >= 0.6 is 46.4 Å². The highest BCUT2D eigenvalue weighted by atomic mass is 35.5. The highest BCUT2D eigenvalue weighted by molar-refractivity contribution is 6.58. The van der Waals surface area contributed by atoms with Gasteiger partial charge in [-0.25, -0.2) is 0 Å². The Morgan fingerprint density at radius 3 is 1.40 bits per heavy atom. The maximum atomic E-state index is 10.6. The lowest BCUT2D eigenvalue weighted by molar-refractivity contribution is -0.110. The quantitative estimate of drug-likeness (QED) is 0.653. The van der Waals surface area contributed by atoms with Crippen molar-refractivity contribution in [1.82, 2.24) is 0 Å². The molecule has 0 aromatic rings. The third kappa shape index (κ3) is 6.43. The van der Waals surface area contributed by atoms with E-state index in [0.29, 0.717) is 0 Å². The van der Waals surface area contributed by atoms with E-state index in [4.69, 9.17) is 46.4 Å². The van der Waals surface area contributed by atoms with Crippen LogP contribution in [0.15, 0.2) is 21.1 Å². The van der Waals surface area contributed by atoms with Crippen molar-refractivity contribution in [2.45, 2.75) is 0 Å². The van der Waals surface area contributed by atoms with Crippen molar-refractivity contribution in [1.29, 1.82) is 0 Å². The molecule has 0 aliphatic carbocycles. The Labute approximate surface area is 78.2 Å². The van der Waals surface area contributed by atoms with Gasteiger partial charge in [-0.15, -0.1) is 0 Å². The van der Waals surface area contributed by atoms with Gasteiger partial charge in [0, 0.05) is 12.2 Å². The van der Waals surface area contributed by atoms with Crippen LogP contribution in [0, 0.1) is 0 Å². The summed E-state index contributed by atoms with van der Waals surface area (Å²) < 4.78 is -0.258. The van der Waals surface area contributed by atoms with E-state index in [1.54, 1.807) is 0 Å². The van der Waals surface area contributed by atoms with Gasteiger partial charge in [0.2, 0.25) is 0 Å². The fourth-order valence-corrected chi connectivity index (χ4v) is 0.687. The monoisotopic (exact) mass is 218 g/mol. The summed E-state index contributed by atoms with van der Waals surface area (Å²) in [6, 6.07) is 0. The molecule has 0 aromatic heterocycles. The predicted octanol–water partition coefficient (Wildman–Crippen LogP) is 3.19. The van der Waals surface area contributed by atoms with Crippen molar-refractivity contribution in [3.05, 3.63) is 21.1 Å². The number of hydrogen-bond acceptors (Lipinski definition) is 1. The molecule has 5 heteroatoms. The average molecular weight is 220 g/mol. The van der Waals surface area contributed by atoms with E-state index >= 15 is 0 Å². The summed E-state index contributed by atoms with van der Waals surface area (Å²) in [7, 11) is 0. The van der Waals surface area contributed by atoms with Crippen LogP contribution in [0.3, 0.4) is 0 Å². The number of halogens is 4. The minimum atomic E-state index is -0.444. The number of rotatable bonds is 2. The van der Waals surface area contributed by atoms with Crippen molar-refractivity contribution in [2.24, 2.45) is 0 Å². The molecule has 0 aliphatic heterocycles. The van der Waals surface area contributed by atoms with Crippen molar-refractivity contribution in [2.75, 3.05) is 0 Å². The van der Waals surface area contributed by atoms with E-state index in [1.165, 1.54) is 0 Å². The Morgan fingerprint density at radius 1 is 0.900 bits per heavy atom.